The Morgan fingerprint density at radius 1 is 1.22 bits per heavy atom. The van der Waals surface area contributed by atoms with Gasteiger partial charge in [0.2, 0.25) is 0 Å². The van der Waals surface area contributed by atoms with Crippen molar-refractivity contribution in [2.45, 2.75) is 77.1 Å². The smallest absolute Gasteiger partial charge is 0.306 e. The minimum atomic E-state index is -1.61. The molecule has 1 aliphatic carbocycles. The number of unbranched alkanes of at least 4 members (excludes halogenated alkanes) is 1. The second kappa shape index (κ2) is 6.20. The highest BCUT2D eigenvalue weighted by molar-refractivity contribution is 6.74. The molecule has 0 unspecified atom stereocenters. The van der Waals surface area contributed by atoms with Crippen molar-refractivity contribution in [1.29, 1.82) is 0 Å². The molecule has 3 nitrogen and oxygen atoms in total. The van der Waals surface area contributed by atoms with Crippen LogP contribution in [-0.4, -0.2) is 27.0 Å². The summed E-state index contributed by atoms with van der Waals surface area (Å²) in [6, 6.07) is 0. The van der Waals surface area contributed by atoms with Gasteiger partial charge in [-0.3, -0.25) is 4.79 Å². The van der Waals surface area contributed by atoms with Gasteiger partial charge in [0.15, 0.2) is 8.32 Å². The first-order valence-corrected chi connectivity index (χ1v) is 9.97. The third-order valence-corrected chi connectivity index (χ3v) is 8.41. The van der Waals surface area contributed by atoms with Crippen LogP contribution < -0.4 is 0 Å². The van der Waals surface area contributed by atoms with Crippen molar-refractivity contribution >= 4 is 14.3 Å². The largest absolute Gasteiger partial charge is 0.462 e. The third kappa shape index (κ3) is 5.53. The molecular weight excluding hydrogens is 244 g/mol. The number of rotatable bonds is 7. The molecule has 0 N–H and O–H groups in total. The number of hydrogen-bond donors (Lipinski definition) is 0. The van der Waals surface area contributed by atoms with Gasteiger partial charge in [-0.15, -0.1) is 0 Å². The topological polar surface area (TPSA) is 35.5 Å². The second-order valence-corrected chi connectivity index (χ2v) is 11.6. The molecule has 1 rings (SSSR count). The summed E-state index contributed by atoms with van der Waals surface area (Å²) in [5.41, 5.74) is 0. The molecule has 4 heteroatoms. The summed E-state index contributed by atoms with van der Waals surface area (Å²) >= 11 is 0. The van der Waals surface area contributed by atoms with Crippen LogP contribution in [0.4, 0.5) is 0 Å². The standard InChI is InChI=1S/C14H28O3Si/c1-14(2,3)18(4,5)16-11-7-6-8-13(15)17-12-9-10-12/h12H,6-11H2,1-5H3. The highest BCUT2D eigenvalue weighted by Gasteiger charge is 2.36. The van der Waals surface area contributed by atoms with Gasteiger partial charge in [0.25, 0.3) is 0 Å². The van der Waals surface area contributed by atoms with E-state index in [2.05, 4.69) is 33.9 Å². The fourth-order valence-corrected chi connectivity index (χ4v) is 2.43. The zero-order chi connectivity index (χ0) is 13.8. The van der Waals surface area contributed by atoms with Crippen molar-refractivity contribution in [3.05, 3.63) is 0 Å². The van der Waals surface area contributed by atoms with E-state index in [4.69, 9.17) is 9.16 Å². The minimum Gasteiger partial charge on any atom is -0.462 e. The molecule has 0 heterocycles. The van der Waals surface area contributed by atoms with Crippen LogP contribution >= 0.6 is 0 Å². The molecule has 106 valence electrons. The Labute approximate surface area is 112 Å². The van der Waals surface area contributed by atoms with E-state index in [0.29, 0.717) is 6.42 Å². The molecule has 1 saturated carbocycles. The summed E-state index contributed by atoms with van der Waals surface area (Å²) in [5.74, 6) is -0.0372. The van der Waals surface area contributed by atoms with Gasteiger partial charge in [-0.05, 0) is 43.8 Å². The fraction of sp³-hybridized carbons (Fsp3) is 0.929. The SMILES string of the molecule is CC(C)(C)[Si](C)(C)OCCCCC(=O)OC1CC1. The lowest BCUT2D eigenvalue weighted by Crippen LogP contribution is -2.40. The lowest BCUT2D eigenvalue weighted by Gasteiger charge is -2.36. The van der Waals surface area contributed by atoms with Crippen molar-refractivity contribution < 1.29 is 14.0 Å². The Kier molecular flexibility index (Phi) is 5.41. The first kappa shape index (κ1) is 15.7. The molecule has 0 aromatic rings. The summed E-state index contributed by atoms with van der Waals surface area (Å²) in [7, 11) is -1.61. The van der Waals surface area contributed by atoms with Gasteiger partial charge in [0, 0.05) is 13.0 Å². The van der Waals surface area contributed by atoms with Crippen LogP contribution in [-0.2, 0) is 14.0 Å². The van der Waals surface area contributed by atoms with E-state index in [1.54, 1.807) is 0 Å². The molecule has 1 fully saturated rings. The molecule has 0 aromatic carbocycles. The first-order chi connectivity index (χ1) is 8.22. The van der Waals surface area contributed by atoms with Gasteiger partial charge in [-0.2, -0.15) is 0 Å². The van der Waals surface area contributed by atoms with E-state index in [1.165, 1.54) is 0 Å². The molecule has 0 radical (unpaired) electrons. The molecule has 0 amide bonds. The summed E-state index contributed by atoms with van der Waals surface area (Å²) in [5, 5.41) is 0.262. The van der Waals surface area contributed by atoms with Crippen molar-refractivity contribution in [2.24, 2.45) is 0 Å². The molecule has 1 aliphatic rings. The highest BCUT2D eigenvalue weighted by atomic mass is 28.4. The Balaban J connectivity index is 2.05. The maximum absolute atomic E-state index is 11.4. The summed E-state index contributed by atoms with van der Waals surface area (Å²) in [4.78, 5) is 11.4. The van der Waals surface area contributed by atoms with Crippen molar-refractivity contribution in [1.82, 2.24) is 0 Å². The lowest BCUT2D eigenvalue weighted by molar-refractivity contribution is -0.145. The van der Waals surface area contributed by atoms with E-state index in [-0.39, 0.29) is 17.1 Å². The summed E-state index contributed by atoms with van der Waals surface area (Å²) in [6.45, 7) is 12.0. The molecule has 0 saturated heterocycles. The van der Waals surface area contributed by atoms with E-state index in [1.807, 2.05) is 0 Å². The first-order valence-electron chi connectivity index (χ1n) is 7.06. The van der Waals surface area contributed by atoms with Gasteiger partial charge < -0.3 is 9.16 Å². The predicted molar refractivity (Wildman–Crippen MR) is 76.1 cm³/mol. The average molecular weight is 272 g/mol. The molecule has 0 atom stereocenters. The molecule has 0 aliphatic heterocycles. The van der Waals surface area contributed by atoms with E-state index >= 15 is 0 Å². The quantitative estimate of drug-likeness (QED) is 0.401. The number of esters is 1. The third-order valence-electron chi connectivity index (χ3n) is 3.87. The van der Waals surface area contributed by atoms with Crippen LogP contribution in [0, 0.1) is 0 Å². The van der Waals surface area contributed by atoms with Gasteiger partial charge >= 0.3 is 5.97 Å². The van der Waals surface area contributed by atoms with Crippen molar-refractivity contribution in [2.75, 3.05) is 6.61 Å². The number of carbonyl (C=O) groups is 1. The maximum atomic E-state index is 11.4. The lowest BCUT2D eigenvalue weighted by atomic mass is 10.2. The van der Waals surface area contributed by atoms with Crippen LogP contribution in [0.5, 0.6) is 0 Å². The van der Waals surface area contributed by atoms with Gasteiger partial charge in [0.05, 0.1) is 0 Å². The summed E-state index contributed by atoms with van der Waals surface area (Å²) in [6.07, 6.45) is 4.71. The second-order valence-electron chi connectivity index (χ2n) is 6.76. The molecule has 0 aromatic heterocycles. The Morgan fingerprint density at radius 3 is 2.33 bits per heavy atom. The zero-order valence-electron chi connectivity index (χ0n) is 12.5. The average Bonchev–Trinajstić information content (AvgIpc) is 2.99. The predicted octanol–water partition coefficient (Wildman–Crippen LogP) is 3.88. The zero-order valence-corrected chi connectivity index (χ0v) is 13.5. The molecular formula is C14H28O3Si. The van der Waals surface area contributed by atoms with Crippen LogP contribution in [0.1, 0.15) is 52.9 Å². The normalized spacial score (nSPS) is 16.7. The maximum Gasteiger partial charge on any atom is 0.306 e. The fourth-order valence-electron chi connectivity index (χ4n) is 1.35. The number of carbonyl (C=O) groups excluding carboxylic acids is 1. The molecule has 0 spiro atoms. The molecule has 0 bridgehead atoms. The van der Waals surface area contributed by atoms with E-state index in [0.717, 1.165) is 32.3 Å². The Bertz CT molecular complexity index is 277. The Hall–Kier alpha value is -0.353. The van der Waals surface area contributed by atoms with Gasteiger partial charge in [0.1, 0.15) is 6.10 Å². The highest BCUT2D eigenvalue weighted by Crippen LogP contribution is 2.36. The van der Waals surface area contributed by atoms with E-state index in [9.17, 15) is 4.79 Å². The summed E-state index contributed by atoms with van der Waals surface area (Å²) < 4.78 is 11.2. The van der Waals surface area contributed by atoms with Gasteiger partial charge in [-0.25, -0.2) is 0 Å². The Morgan fingerprint density at radius 2 is 1.83 bits per heavy atom. The van der Waals surface area contributed by atoms with E-state index < -0.39 is 8.32 Å². The van der Waals surface area contributed by atoms with Crippen LogP contribution in [0.25, 0.3) is 0 Å². The van der Waals surface area contributed by atoms with Crippen molar-refractivity contribution in [3.8, 4) is 0 Å². The monoisotopic (exact) mass is 272 g/mol. The van der Waals surface area contributed by atoms with Crippen LogP contribution in [0.3, 0.4) is 0 Å². The van der Waals surface area contributed by atoms with Crippen molar-refractivity contribution in [3.63, 3.8) is 0 Å². The van der Waals surface area contributed by atoms with Crippen LogP contribution in [0.15, 0.2) is 0 Å². The van der Waals surface area contributed by atoms with Gasteiger partial charge in [-0.1, -0.05) is 20.8 Å². The number of hydrogen-bond acceptors (Lipinski definition) is 3. The number of ether oxygens (including phenoxy) is 1. The molecule has 18 heavy (non-hydrogen) atoms. The van der Waals surface area contributed by atoms with Crippen LogP contribution in [0.2, 0.25) is 18.1 Å². The minimum absolute atomic E-state index is 0.0372.